The number of nitrogens with zero attached hydrogens (tertiary/aromatic N) is 1. The maximum atomic E-state index is 11.7. The average Bonchev–Trinajstić information content (AvgIpc) is 2.54. The Kier molecular flexibility index (Phi) is 4.31. The smallest absolute Gasteiger partial charge is 0.254 e. The van der Waals surface area contributed by atoms with E-state index in [1.165, 1.54) is 6.92 Å². The van der Waals surface area contributed by atoms with Crippen LogP contribution >= 0.6 is 15.9 Å². The fourth-order valence-corrected chi connectivity index (χ4v) is 2.63. The number of Topliss-reactive ketones (excluding diaryl/α,β-unsaturated/α-hetero) is 1. The van der Waals surface area contributed by atoms with Gasteiger partial charge in [0.2, 0.25) is 5.55 Å². The second-order valence-corrected chi connectivity index (χ2v) is 6.14. The van der Waals surface area contributed by atoms with E-state index in [1.807, 2.05) is 12.1 Å². The zero-order valence-corrected chi connectivity index (χ0v) is 14.3. The SMILES string of the molecule is CC(=O)c1ccc(N=c2oc3ccc(Br)cc3cc2C(N)=O)cc1. The lowest BCUT2D eigenvalue weighted by atomic mass is 10.1. The number of hydrogen-bond donors (Lipinski definition) is 1. The third-order valence-electron chi connectivity index (χ3n) is 3.48. The number of amides is 1. The minimum Gasteiger partial charge on any atom is -0.438 e. The Morgan fingerprint density at radius 3 is 2.42 bits per heavy atom. The van der Waals surface area contributed by atoms with E-state index in [-0.39, 0.29) is 16.9 Å². The zero-order chi connectivity index (χ0) is 17.3. The minimum atomic E-state index is -0.625. The van der Waals surface area contributed by atoms with E-state index in [2.05, 4.69) is 20.9 Å². The third-order valence-corrected chi connectivity index (χ3v) is 3.97. The lowest BCUT2D eigenvalue weighted by molar-refractivity contribution is 0.0993. The Balaban J connectivity index is 2.19. The summed E-state index contributed by atoms with van der Waals surface area (Å²) in [6, 6.07) is 13.8. The number of rotatable bonds is 3. The largest absolute Gasteiger partial charge is 0.438 e. The van der Waals surface area contributed by atoms with Crippen molar-refractivity contribution in [2.45, 2.75) is 6.92 Å². The van der Waals surface area contributed by atoms with E-state index in [1.54, 1.807) is 36.4 Å². The molecule has 0 aliphatic carbocycles. The molecule has 0 saturated heterocycles. The van der Waals surface area contributed by atoms with Crippen LogP contribution in [0.3, 0.4) is 0 Å². The highest BCUT2D eigenvalue weighted by atomic mass is 79.9. The van der Waals surface area contributed by atoms with Crippen LogP contribution < -0.4 is 11.3 Å². The Bertz CT molecular complexity index is 1020. The number of carbonyl (C=O) groups excluding carboxylic acids is 2. The van der Waals surface area contributed by atoms with E-state index in [0.717, 1.165) is 9.86 Å². The molecule has 2 aromatic carbocycles. The first-order chi connectivity index (χ1) is 11.4. The molecule has 6 heteroatoms. The van der Waals surface area contributed by atoms with E-state index in [0.29, 0.717) is 16.8 Å². The van der Waals surface area contributed by atoms with E-state index in [4.69, 9.17) is 10.2 Å². The standard InChI is InChI=1S/C18H13BrN2O3/c1-10(22)11-2-5-14(6-3-11)21-18-15(17(20)23)9-12-8-13(19)4-7-16(12)24-18/h2-9H,1H3,(H2,20,23). The van der Waals surface area contributed by atoms with Crippen molar-refractivity contribution in [2.24, 2.45) is 10.7 Å². The summed E-state index contributed by atoms with van der Waals surface area (Å²) in [6.07, 6.45) is 0. The fraction of sp³-hybridized carbons (Fsp3) is 0.0556. The van der Waals surface area contributed by atoms with Crippen molar-refractivity contribution in [1.82, 2.24) is 0 Å². The van der Waals surface area contributed by atoms with Gasteiger partial charge in [-0.25, -0.2) is 4.99 Å². The van der Waals surface area contributed by atoms with Crippen molar-refractivity contribution in [3.63, 3.8) is 0 Å². The topological polar surface area (TPSA) is 85.7 Å². The fourth-order valence-electron chi connectivity index (χ4n) is 2.25. The molecule has 0 aliphatic heterocycles. The molecule has 0 unspecified atom stereocenters. The van der Waals surface area contributed by atoms with E-state index >= 15 is 0 Å². The van der Waals surface area contributed by atoms with Gasteiger partial charge in [-0.3, -0.25) is 9.59 Å². The summed E-state index contributed by atoms with van der Waals surface area (Å²) in [7, 11) is 0. The molecule has 0 radical (unpaired) electrons. The maximum absolute atomic E-state index is 11.7. The zero-order valence-electron chi connectivity index (χ0n) is 12.7. The maximum Gasteiger partial charge on any atom is 0.254 e. The van der Waals surface area contributed by atoms with Crippen molar-refractivity contribution in [3.8, 4) is 0 Å². The molecule has 0 bridgehead atoms. The normalized spacial score (nSPS) is 11.7. The predicted molar refractivity (Wildman–Crippen MR) is 94.1 cm³/mol. The molecule has 0 saturated carbocycles. The van der Waals surface area contributed by atoms with Gasteiger partial charge in [-0.05, 0) is 55.5 Å². The van der Waals surface area contributed by atoms with Crippen LogP contribution in [0, 0.1) is 0 Å². The van der Waals surface area contributed by atoms with Gasteiger partial charge in [0.05, 0.1) is 5.69 Å². The molecule has 0 fully saturated rings. The predicted octanol–water partition coefficient (Wildman–Crippen LogP) is 3.73. The number of fused-ring (bicyclic) bond motifs is 1. The first-order valence-electron chi connectivity index (χ1n) is 7.13. The summed E-state index contributed by atoms with van der Waals surface area (Å²) in [4.78, 5) is 27.4. The second-order valence-electron chi connectivity index (χ2n) is 5.23. The molecule has 0 spiro atoms. The van der Waals surface area contributed by atoms with Crippen LogP contribution in [0.5, 0.6) is 0 Å². The van der Waals surface area contributed by atoms with Crippen LogP contribution in [-0.4, -0.2) is 11.7 Å². The second kappa shape index (κ2) is 6.41. The highest BCUT2D eigenvalue weighted by Crippen LogP contribution is 2.20. The third kappa shape index (κ3) is 3.28. The summed E-state index contributed by atoms with van der Waals surface area (Å²) in [5.74, 6) is -0.653. The van der Waals surface area contributed by atoms with E-state index < -0.39 is 5.91 Å². The van der Waals surface area contributed by atoms with Crippen LogP contribution in [0.4, 0.5) is 5.69 Å². The summed E-state index contributed by atoms with van der Waals surface area (Å²) in [5, 5.41) is 0.740. The number of hydrogen-bond acceptors (Lipinski definition) is 4. The lowest BCUT2D eigenvalue weighted by Crippen LogP contribution is -2.21. The molecule has 120 valence electrons. The van der Waals surface area contributed by atoms with Gasteiger partial charge in [0, 0.05) is 15.4 Å². The average molecular weight is 385 g/mol. The summed E-state index contributed by atoms with van der Waals surface area (Å²) < 4.78 is 6.60. The number of carbonyl (C=O) groups is 2. The van der Waals surface area contributed by atoms with Gasteiger partial charge in [0.1, 0.15) is 11.1 Å². The van der Waals surface area contributed by atoms with Crippen LogP contribution in [0.2, 0.25) is 0 Å². The molecule has 1 amide bonds. The van der Waals surface area contributed by atoms with Gasteiger partial charge in [-0.1, -0.05) is 15.9 Å². The Morgan fingerprint density at radius 1 is 1.08 bits per heavy atom. The summed E-state index contributed by atoms with van der Waals surface area (Å²) in [5.41, 5.74) is 7.50. The van der Waals surface area contributed by atoms with Crippen molar-refractivity contribution >= 4 is 44.3 Å². The minimum absolute atomic E-state index is 0.0275. The highest BCUT2D eigenvalue weighted by Gasteiger charge is 2.10. The number of benzene rings is 2. The summed E-state index contributed by atoms with van der Waals surface area (Å²) >= 11 is 3.38. The molecular formula is C18H13BrN2O3. The molecule has 24 heavy (non-hydrogen) atoms. The number of ketones is 1. The number of nitrogens with two attached hydrogens (primary N) is 1. The summed E-state index contributed by atoms with van der Waals surface area (Å²) in [6.45, 7) is 1.49. The molecule has 0 aliphatic rings. The van der Waals surface area contributed by atoms with Crippen LogP contribution in [0.15, 0.2) is 62.4 Å². The quantitative estimate of drug-likeness (QED) is 0.697. The number of halogens is 1. The van der Waals surface area contributed by atoms with Crippen molar-refractivity contribution in [1.29, 1.82) is 0 Å². The number of primary amides is 1. The Hall–Kier alpha value is -2.73. The molecule has 5 nitrogen and oxygen atoms in total. The van der Waals surface area contributed by atoms with Crippen molar-refractivity contribution < 1.29 is 14.0 Å². The van der Waals surface area contributed by atoms with Crippen LogP contribution in [0.1, 0.15) is 27.6 Å². The van der Waals surface area contributed by atoms with Gasteiger partial charge in [-0.2, -0.15) is 0 Å². The van der Waals surface area contributed by atoms with Crippen molar-refractivity contribution in [3.05, 3.63) is 69.7 Å². The Labute approximate surface area is 145 Å². The van der Waals surface area contributed by atoms with Crippen LogP contribution in [-0.2, 0) is 0 Å². The molecular weight excluding hydrogens is 372 g/mol. The Morgan fingerprint density at radius 2 is 1.79 bits per heavy atom. The molecule has 3 aromatic rings. The lowest BCUT2D eigenvalue weighted by Gasteiger charge is -2.03. The van der Waals surface area contributed by atoms with Crippen LogP contribution in [0.25, 0.3) is 11.0 Å². The first kappa shape index (κ1) is 16.1. The monoisotopic (exact) mass is 384 g/mol. The first-order valence-corrected chi connectivity index (χ1v) is 7.92. The molecule has 3 rings (SSSR count). The van der Waals surface area contributed by atoms with Gasteiger partial charge >= 0.3 is 0 Å². The molecule has 1 heterocycles. The van der Waals surface area contributed by atoms with Gasteiger partial charge in [0.25, 0.3) is 5.91 Å². The molecule has 0 atom stereocenters. The molecule has 2 N–H and O–H groups in total. The van der Waals surface area contributed by atoms with Gasteiger partial charge in [0.15, 0.2) is 5.78 Å². The van der Waals surface area contributed by atoms with Crippen molar-refractivity contribution in [2.75, 3.05) is 0 Å². The van der Waals surface area contributed by atoms with Gasteiger partial charge < -0.3 is 10.2 Å². The molecule has 1 aromatic heterocycles. The highest BCUT2D eigenvalue weighted by molar-refractivity contribution is 9.10. The van der Waals surface area contributed by atoms with Gasteiger partial charge in [-0.15, -0.1) is 0 Å². The van der Waals surface area contributed by atoms with E-state index in [9.17, 15) is 9.59 Å².